The van der Waals surface area contributed by atoms with Crippen LogP contribution in [-0.2, 0) is 17.9 Å². The average molecular weight is 367 g/mol. The maximum atomic E-state index is 12.0. The van der Waals surface area contributed by atoms with E-state index in [-0.39, 0.29) is 5.91 Å². The number of hydrogen-bond acceptors (Lipinski definition) is 3. The number of carbonyl (C=O) groups is 1. The Hall–Kier alpha value is -1.17. The van der Waals surface area contributed by atoms with Gasteiger partial charge < -0.3 is 5.32 Å². The maximum Gasteiger partial charge on any atom is 0.234 e. The van der Waals surface area contributed by atoms with Crippen LogP contribution in [0.4, 0.5) is 0 Å². The number of carbonyl (C=O) groups excluding carboxylic acids is 1. The van der Waals surface area contributed by atoms with Crippen LogP contribution in [-0.4, -0.2) is 24.4 Å². The number of benzene rings is 1. The van der Waals surface area contributed by atoms with E-state index in [0.717, 1.165) is 15.9 Å². The molecule has 21 heavy (non-hydrogen) atoms. The summed E-state index contributed by atoms with van der Waals surface area (Å²) in [7, 11) is 1.96. The van der Waals surface area contributed by atoms with Crippen LogP contribution in [0, 0.1) is 6.92 Å². The first-order valence-electron chi connectivity index (χ1n) is 6.77. The SMILES string of the molecule is Cc1ccccc1CNC(=O)CN(C)Cc1csc(Br)c1. The number of halogens is 1. The van der Waals surface area contributed by atoms with Gasteiger partial charge in [0.15, 0.2) is 0 Å². The molecule has 1 aromatic heterocycles. The van der Waals surface area contributed by atoms with Crippen LogP contribution in [0.2, 0.25) is 0 Å². The molecule has 5 heteroatoms. The molecule has 3 nitrogen and oxygen atoms in total. The molecule has 0 aliphatic carbocycles. The molecule has 0 unspecified atom stereocenters. The third-order valence-corrected chi connectivity index (χ3v) is 4.78. The van der Waals surface area contributed by atoms with Crippen LogP contribution in [0.5, 0.6) is 0 Å². The summed E-state index contributed by atoms with van der Waals surface area (Å²) in [6, 6.07) is 10.2. The predicted octanol–water partition coefficient (Wildman–Crippen LogP) is 3.57. The maximum absolute atomic E-state index is 12.0. The number of rotatable bonds is 6. The second-order valence-corrected chi connectivity index (χ2v) is 7.43. The van der Waals surface area contributed by atoms with Crippen LogP contribution >= 0.6 is 27.3 Å². The molecule has 0 atom stereocenters. The van der Waals surface area contributed by atoms with E-state index in [4.69, 9.17) is 0 Å². The summed E-state index contributed by atoms with van der Waals surface area (Å²) < 4.78 is 1.12. The number of nitrogens with one attached hydrogen (secondary N) is 1. The van der Waals surface area contributed by atoms with E-state index in [0.29, 0.717) is 13.1 Å². The molecule has 1 amide bonds. The molecule has 0 spiro atoms. The quantitative estimate of drug-likeness (QED) is 0.847. The highest BCUT2D eigenvalue weighted by Crippen LogP contribution is 2.21. The highest BCUT2D eigenvalue weighted by molar-refractivity contribution is 9.11. The van der Waals surface area contributed by atoms with Gasteiger partial charge in [-0.05, 0) is 58.0 Å². The van der Waals surface area contributed by atoms with Gasteiger partial charge >= 0.3 is 0 Å². The summed E-state index contributed by atoms with van der Waals surface area (Å²) in [5, 5.41) is 5.08. The summed E-state index contributed by atoms with van der Waals surface area (Å²) >= 11 is 5.11. The molecule has 1 heterocycles. The third-order valence-electron chi connectivity index (χ3n) is 3.23. The first-order valence-corrected chi connectivity index (χ1v) is 8.44. The summed E-state index contributed by atoms with van der Waals surface area (Å²) in [6.07, 6.45) is 0. The van der Waals surface area contributed by atoms with Crippen molar-refractivity contribution in [1.82, 2.24) is 10.2 Å². The second-order valence-electron chi connectivity index (χ2n) is 5.13. The predicted molar refractivity (Wildman–Crippen MR) is 91.4 cm³/mol. The Labute approximate surface area is 138 Å². The number of amides is 1. The normalized spacial score (nSPS) is 10.9. The van der Waals surface area contributed by atoms with Crippen LogP contribution in [0.15, 0.2) is 39.5 Å². The Morgan fingerprint density at radius 1 is 1.38 bits per heavy atom. The van der Waals surface area contributed by atoms with Gasteiger partial charge in [-0.15, -0.1) is 11.3 Å². The van der Waals surface area contributed by atoms with E-state index in [1.165, 1.54) is 11.1 Å². The highest BCUT2D eigenvalue weighted by Gasteiger charge is 2.08. The van der Waals surface area contributed by atoms with Gasteiger partial charge in [0.2, 0.25) is 5.91 Å². The largest absolute Gasteiger partial charge is 0.351 e. The van der Waals surface area contributed by atoms with Gasteiger partial charge in [0, 0.05) is 13.1 Å². The van der Waals surface area contributed by atoms with E-state index in [1.807, 2.05) is 30.1 Å². The summed E-state index contributed by atoms with van der Waals surface area (Å²) in [5.74, 6) is 0.0510. The lowest BCUT2D eigenvalue weighted by atomic mass is 10.1. The van der Waals surface area contributed by atoms with Crippen molar-refractivity contribution in [2.45, 2.75) is 20.0 Å². The van der Waals surface area contributed by atoms with Crippen molar-refractivity contribution in [3.05, 3.63) is 56.2 Å². The van der Waals surface area contributed by atoms with Crippen molar-refractivity contribution in [3.8, 4) is 0 Å². The summed E-state index contributed by atoms with van der Waals surface area (Å²) in [4.78, 5) is 14.0. The fourth-order valence-electron chi connectivity index (χ4n) is 2.10. The second kappa shape index (κ2) is 7.73. The van der Waals surface area contributed by atoms with Crippen LogP contribution in [0.3, 0.4) is 0 Å². The Morgan fingerprint density at radius 2 is 2.14 bits per heavy atom. The lowest BCUT2D eigenvalue weighted by Crippen LogP contribution is -2.34. The van der Waals surface area contributed by atoms with E-state index >= 15 is 0 Å². The van der Waals surface area contributed by atoms with Crippen molar-refractivity contribution in [2.75, 3.05) is 13.6 Å². The molecule has 0 bridgehead atoms. The lowest BCUT2D eigenvalue weighted by molar-refractivity contribution is -0.122. The van der Waals surface area contributed by atoms with Gasteiger partial charge in [-0.2, -0.15) is 0 Å². The van der Waals surface area contributed by atoms with Gasteiger partial charge in [-0.1, -0.05) is 24.3 Å². The Bertz CT molecular complexity index is 612. The zero-order chi connectivity index (χ0) is 15.2. The molecule has 112 valence electrons. The van der Waals surface area contributed by atoms with Gasteiger partial charge in [0.05, 0.1) is 10.3 Å². The number of hydrogen-bond donors (Lipinski definition) is 1. The van der Waals surface area contributed by atoms with Crippen molar-refractivity contribution in [2.24, 2.45) is 0 Å². The molecule has 0 aliphatic rings. The fourth-order valence-corrected chi connectivity index (χ4v) is 3.30. The van der Waals surface area contributed by atoms with Gasteiger partial charge in [0.25, 0.3) is 0 Å². The minimum atomic E-state index is 0.0510. The summed E-state index contributed by atoms with van der Waals surface area (Å²) in [5.41, 5.74) is 3.59. The number of thiophene rings is 1. The molecule has 1 N–H and O–H groups in total. The molecule has 1 aromatic carbocycles. The van der Waals surface area contributed by atoms with Crippen molar-refractivity contribution < 1.29 is 4.79 Å². The van der Waals surface area contributed by atoms with Crippen molar-refractivity contribution in [3.63, 3.8) is 0 Å². The minimum absolute atomic E-state index is 0.0510. The zero-order valence-corrected chi connectivity index (χ0v) is 14.6. The van der Waals surface area contributed by atoms with Crippen LogP contribution < -0.4 is 5.32 Å². The molecule has 0 aliphatic heterocycles. The zero-order valence-electron chi connectivity index (χ0n) is 12.2. The van der Waals surface area contributed by atoms with Gasteiger partial charge in [-0.3, -0.25) is 9.69 Å². The standard InChI is InChI=1S/C16H19BrN2OS/c1-12-5-3-4-6-14(12)8-18-16(20)10-19(2)9-13-7-15(17)21-11-13/h3-7,11H,8-10H2,1-2H3,(H,18,20). The van der Waals surface area contributed by atoms with Gasteiger partial charge in [-0.25, -0.2) is 0 Å². The monoisotopic (exact) mass is 366 g/mol. The Balaban J connectivity index is 1.77. The number of aryl methyl sites for hydroxylation is 1. The molecular formula is C16H19BrN2OS. The Kier molecular flexibility index (Phi) is 5.96. The molecule has 2 aromatic rings. The molecular weight excluding hydrogens is 348 g/mol. The van der Waals surface area contributed by atoms with E-state index in [2.05, 4.69) is 45.7 Å². The van der Waals surface area contributed by atoms with E-state index in [1.54, 1.807) is 11.3 Å². The molecule has 0 saturated carbocycles. The van der Waals surface area contributed by atoms with Crippen molar-refractivity contribution >= 4 is 33.2 Å². The van der Waals surface area contributed by atoms with Gasteiger partial charge in [0.1, 0.15) is 0 Å². The number of nitrogens with zero attached hydrogens (tertiary/aromatic N) is 1. The molecule has 0 radical (unpaired) electrons. The number of likely N-dealkylation sites (N-methyl/N-ethyl adjacent to an activating group) is 1. The first-order chi connectivity index (χ1) is 10.0. The molecule has 0 fully saturated rings. The van der Waals surface area contributed by atoms with Crippen LogP contribution in [0.1, 0.15) is 16.7 Å². The average Bonchev–Trinajstić information content (AvgIpc) is 2.83. The molecule has 0 saturated heterocycles. The minimum Gasteiger partial charge on any atom is -0.351 e. The highest BCUT2D eigenvalue weighted by atomic mass is 79.9. The Morgan fingerprint density at radius 3 is 2.81 bits per heavy atom. The third kappa shape index (κ3) is 5.26. The van der Waals surface area contributed by atoms with E-state index < -0.39 is 0 Å². The summed E-state index contributed by atoms with van der Waals surface area (Å²) in [6.45, 7) is 3.82. The van der Waals surface area contributed by atoms with Crippen LogP contribution in [0.25, 0.3) is 0 Å². The lowest BCUT2D eigenvalue weighted by Gasteiger charge is -2.16. The fraction of sp³-hybridized carbons (Fsp3) is 0.312. The first kappa shape index (κ1) is 16.2. The molecule has 2 rings (SSSR count). The topological polar surface area (TPSA) is 32.3 Å². The smallest absolute Gasteiger partial charge is 0.234 e. The van der Waals surface area contributed by atoms with Crippen molar-refractivity contribution in [1.29, 1.82) is 0 Å². The van der Waals surface area contributed by atoms with E-state index in [9.17, 15) is 4.79 Å².